The Balaban J connectivity index is 2.65. The predicted molar refractivity (Wildman–Crippen MR) is 46.4 cm³/mol. The molecule has 0 amide bonds. The summed E-state index contributed by atoms with van der Waals surface area (Å²) in [5, 5.41) is 9.41. The molecule has 1 rings (SSSR count). The van der Waals surface area contributed by atoms with E-state index in [2.05, 4.69) is 15.9 Å². The molecule has 0 aliphatic carbocycles. The van der Waals surface area contributed by atoms with Gasteiger partial charge in [0.05, 0.1) is 10.1 Å². The first-order valence-electron chi connectivity index (χ1n) is 3.43. The Bertz CT molecular complexity index is 234. The van der Waals surface area contributed by atoms with E-state index >= 15 is 0 Å². The Labute approximate surface area is 74.3 Å². The summed E-state index contributed by atoms with van der Waals surface area (Å²) in [7, 11) is 0. The molecule has 0 unspecified atom stereocenters. The summed E-state index contributed by atoms with van der Waals surface area (Å²) in [6.45, 7) is 3.51. The highest BCUT2D eigenvalue weighted by molar-refractivity contribution is 9.10. The van der Waals surface area contributed by atoms with Crippen molar-refractivity contribution in [1.29, 1.82) is 0 Å². The largest absolute Gasteiger partial charge is 0.468 e. The van der Waals surface area contributed by atoms with Gasteiger partial charge >= 0.3 is 0 Å². The summed E-state index contributed by atoms with van der Waals surface area (Å²) in [6.07, 6.45) is 2.15. The second kappa shape index (κ2) is 2.99. The van der Waals surface area contributed by atoms with Crippen molar-refractivity contribution < 1.29 is 9.52 Å². The normalized spacial score (nSPS) is 12.0. The molecule has 0 spiro atoms. The molecule has 0 aliphatic heterocycles. The van der Waals surface area contributed by atoms with E-state index in [4.69, 9.17) is 4.42 Å². The number of hydrogen-bond donors (Lipinski definition) is 1. The zero-order valence-corrected chi connectivity index (χ0v) is 8.18. The van der Waals surface area contributed by atoms with Gasteiger partial charge in [0.2, 0.25) is 0 Å². The summed E-state index contributed by atoms with van der Waals surface area (Å²) in [6, 6.07) is 1.86. The van der Waals surface area contributed by atoms with E-state index in [9.17, 15) is 5.11 Å². The third kappa shape index (κ3) is 3.08. The average molecular weight is 219 g/mol. The van der Waals surface area contributed by atoms with Crippen LogP contribution in [0.15, 0.2) is 21.2 Å². The zero-order chi connectivity index (χ0) is 8.48. The van der Waals surface area contributed by atoms with Crippen molar-refractivity contribution in [3.8, 4) is 0 Å². The minimum Gasteiger partial charge on any atom is -0.468 e. The van der Waals surface area contributed by atoms with E-state index in [0.29, 0.717) is 6.42 Å². The molecule has 62 valence electrons. The van der Waals surface area contributed by atoms with Crippen molar-refractivity contribution in [2.45, 2.75) is 25.9 Å². The third-order valence-electron chi connectivity index (χ3n) is 1.23. The molecule has 1 N–H and O–H groups in total. The number of hydrogen-bond acceptors (Lipinski definition) is 2. The fourth-order valence-corrected chi connectivity index (χ4v) is 1.22. The van der Waals surface area contributed by atoms with Gasteiger partial charge in [-0.2, -0.15) is 0 Å². The molecular weight excluding hydrogens is 208 g/mol. The van der Waals surface area contributed by atoms with Gasteiger partial charge in [-0.1, -0.05) is 0 Å². The highest BCUT2D eigenvalue weighted by atomic mass is 79.9. The van der Waals surface area contributed by atoms with E-state index in [1.807, 2.05) is 6.07 Å². The van der Waals surface area contributed by atoms with Gasteiger partial charge in [-0.25, -0.2) is 0 Å². The molecule has 1 heterocycles. The Morgan fingerprint density at radius 1 is 1.64 bits per heavy atom. The molecule has 0 bridgehead atoms. The van der Waals surface area contributed by atoms with Crippen LogP contribution >= 0.6 is 15.9 Å². The number of halogens is 1. The topological polar surface area (TPSA) is 33.4 Å². The first kappa shape index (κ1) is 8.81. The average Bonchev–Trinajstić information content (AvgIpc) is 2.10. The third-order valence-corrected chi connectivity index (χ3v) is 1.64. The second-order valence-corrected chi connectivity index (χ2v) is 4.14. The van der Waals surface area contributed by atoms with Gasteiger partial charge in [-0.15, -0.1) is 0 Å². The lowest BCUT2D eigenvalue weighted by Gasteiger charge is -2.14. The van der Waals surface area contributed by atoms with Crippen LogP contribution in [0.2, 0.25) is 0 Å². The maximum atomic E-state index is 9.41. The Hall–Kier alpha value is -0.280. The van der Waals surface area contributed by atoms with Crippen LogP contribution in [-0.2, 0) is 6.42 Å². The molecule has 0 saturated carbocycles. The molecule has 1 aromatic heterocycles. The van der Waals surface area contributed by atoms with Crippen molar-refractivity contribution in [2.75, 3.05) is 0 Å². The monoisotopic (exact) mass is 218 g/mol. The lowest BCUT2D eigenvalue weighted by atomic mass is 10.0. The van der Waals surface area contributed by atoms with Crippen LogP contribution in [0.25, 0.3) is 0 Å². The predicted octanol–water partition coefficient (Wildman–Crippen LogP) is 2.36. The quantitative estimate of drug-likeness (QED) is 0.828. The van der Waals surface area contributed by atoms with Gasteiger partial charge in [0.25, 0.3) is 0 Å². The van der Waals surface area contributed by atoms with Crippen LogP contribution in [0.3, 0.4) is 0 Å². The van der Waals surface area contributed by atoms with Crippen LogP contribution in [0.1, 0.15) is 19.6 Å². The fraction of sp³-hybridized carbons (Fsp3) is 0.500. The first-order valence-corrected chi connectivity index (χ1v) is 4.22. The van der Waals surface area contributed by atoms with Crippen molar-refractivity contribution in [1.82, 2.24) is 0 Å². The summed E-state index contributed by atoms with van der Waals surface area (Å²) < 4.78 is 6.05. The number of rotatable bonds is 2. The molecule has 1 aromatic rings. The van der Waals surface area contributed by atoms with Crippen LogP contribution in [0.5, 0.6) is 0 Å². The van der Waals surface area contributed by atoms with Gasteiger partial charge in [0.1, 0.15) is 12.0 Å². The molecule has 0 fully saturated rings. The lowest BCUT2D eigenvalue weighted by Crippen LogP contribution is -2.21. The van der Waals surface area contributed by atoms with Crippen molar-refractivity contribution in [2.24, 2.45) is 0 Å². The van der Waals surface area contributed by atoms with Gasteiger partial charge in [0, 0.05) is 6.42 Å². The Kier molecular flexibility index (Phi) is 2.40. The smallest absolute Gasteiger partial charge is 0.107 e. The number of furan rings is 1. The highest BCUT2D eigenvalue weighted by Crippen LogP contribution is 2.18. The molecule has 11 heavy (non-hydrogen) atoms. The highest BCUT2D eigenvalue weighted by Gasteiger charge is 2.15. The SMILES string of the molecule is CC(C)(O)Cc1cc(Br)co1. The molecule has 0 aliphatic rings. The lowest BCUT2D eigenvalue weighted by molar-refractivity contribution is 0.0752. The summed E-state index contributed by atoms with van der Waals surface area (Å²) in [5.41, 5.74) is -0.697. The summed E-state index contributed by atoms with van der Waals surface area (Å²) >= 11 is 3.26. The Morgan fingerprint density at radius 3 is 2.64 bits per heavy atom. The molecule has 0 saturated heterocycles. The minimum absolute atomic E-state index is 0.540. The van der Waals surface area contributed by atoms with Crippen LogP contribution < -0.4 is 0 Å². The van der Waals surface area contributed by atoms with Gasteiger partial charge < -0.3 is 9.52 Å². The minimum atomic E-state index is -0.697. The zero-order valence-electron chi connectivity index (χ0n) is 6.60. The van der Waals surface area contributed by atoms with E-state index in [0.717, 1.165) is 10.2 Å². The van der Waals surface area contributed by atoms with Crippen molar-refractivity contribution >= 4 is 15.9 Å². The van der Waals surface area contributed by atoms with Crippen LogP contribution in [-0.4, -0.2) is 10.7 Å². The van der Waals surface area contributed by atoms with E-state index in [1.165, 1.54) is 0 Å². The summed E-state index contributed by atoms with van der Waals surface area (Å²) in [5.74, 6) is 0.796. The van der Waals surface area contributed by atoms with E-state index in [1.54, 1.807) is 20.1 Å². The van der Waals surface area contributed by atoms with Crippen molar-refractivity contribution in [3.63, 3.8) is 0 Å². The number of aliphatic hydroxyl groups is 1. The fourth-order valence-electron chi connectivity index (χ4n) is 0.873. The molecule has 2 nitrogen and oxygen atoms in total. The maximum absolute atomic E-state index is 9.41. The Morgan fingerprint density at radius 2 is 2.27 bits per heavy atom. The summed E-state index contributed by atoms with van der Waals surface area (Å²) in [4.78, 5) is 0. The van der Waals surface area contributed by atoms with Crippen molar-refractivity contribution in [3.05, 3.63) is 22.6 Å². The standard InChI is InChI=1S/C8H11BrO2/c1-8(2,10)4-7-3-6(9)5-11-7/h3,5,10H,4H2,1-2H3. The molecule has 0 radical (unpaired) electrons. The van der Waals surface area contributed by atoms with Gasteiger partial charge in [-0.05, 0) is 35.8 Å². The van der Waals surface area contributed by atoms with Crippen LogP contribution in [0, 0.1) is 0 Å². The second-order valence-electron chi connectivity index (χ2n) is 3.22. The molecular formula is C8H11BrO2. The molecule has 3 heteroatoms. The van der Waals surface area contributed by atoms with Gasteiger partial charge in [0.15, 0.2) is 0 Å². The van der Waals surface area contributed by atoms with E-state index < -0.39 is 5.60 Å². The molecule has 0 atom stereocenters. The van der Waals surface area contributed by atoms with E-state index in [-0.39, 0.29) is 0 Å². The van der Waals surface area contributed by atoms with Gasteiger partial charge in [-0.3, -0.25) is 0 Å². The first-order chi connectivity index (χ1) is 4.97. The maximum Gasteiger partial charge on any atom is 0.107 e. The van der Waals surface area contributed by atoms with Crippen LogP contribution in [0.4, 0.5) is 0 Å². The molecule has 0 aromatic carbocycles.